The summed E-state index contributed by atoms with van der Waals surface area (Å²) < 4.78 is 27.2. The molecule has 0 aliphatic rings. The van der Waals surface area contributed by atoms with Gasteiger partial charge in [0.25, 0.3) is 0 Å². The van der Waals surface area contributed by atoms with Crippen LogP contribution in [0.3, 0.4) is 0 Å². The minimum atomic E-state index is -0.324. The number of carbonyl (C=O) groups is 1. The summed E-state index contributed by atoms with van der Waals surface area (Å²) in [4.78, 5) is 21.0. The largest absolute Gasteiger partial charge is 0.499 e. The lowest BCUT2D eigenvalue weighted by Crippen LogP contribution is -2.18. The zero-order valence-electron chi connectivity index (χ0n) is 14.4. The fourth-order valence-corrected chi connectivity index (χ4v) is 3.07. The molecule has 0 radical (unpaired) electrons. The number of carbonyl (C=O) groups excluding carboxylic acids is 1. The first kappa shape index (κ1) is 19.4. The van der Waals surface area contributed by atoms with Gasteiger partial charge in [0.05, 0.1) is 42.8 Å². The van der Waals surface area contributed by atoms with Crippen molar-refractivity contribution >= 4 is 33.9 Å². The molecule has 0 unspecified atom stereocenters. The summed E-state index contributed by atoms with van der Waals surface area (Å²) in [6.45, 7) is 3.86. The van der Waals surface area contributed by atoms with Gasteiger partial charge in [0, 0.05) is 9.99 Å². The SMILES string of the molecule is C=COCCOCC(=O)c1ncc2cncn2c1Cc1ccc(I)cc1F. The minimum absolute atomic E-state index is 0.143. The Morgan fingerprint density at radius 3 is 2.96 bits per heavy atom. The van der Waals surface area contributed by atoms with E-state index in [4.69, 9.17) is 9.47 Å². The average molecular weight is 481 g/mol. The monoisotopic (exact) mass is 481 g/mol. The fourth-order valence-electron chi connectivity index (χ4n) is 2.62. The van der Waals surface area contributed by atoms with E-state index >= 15 is 0 Å². The maximum absolute atomic E-state index is 14.3. The molecule has 0 bridgehead atoms. The Balaban J connectivity index is 1.87. The lowest BCUT2D eigenvalue weighted by atomic mass is 10.1. The molecule has 1 aromatic carbocycles. The maximum atomic E-state index is 14.3. The highest BCUT2D eigenvalue weighted by atomic mass is 127. The molecule has 0 atom stereocenters. The van der Waals surface area contributed by atoms with Crippen molar-refractivity contribution < 1.29 is 18.7 Å². The summed E-state index contributed by atoms with van der Waals surface area (Å²) in [7, 11) is 0. The third-order valence-corrected chi connectivity index (χ3v) is 4.56. The summed E-state index contributed by atoms with van der Waals surface area (Å²) in [6, 6.07) is 5.00. The van der Waals surface area contributed by atoms with Crippen LogP contribution < -0.4 is 0 Å². The van der Waals surface area contributed by atoms with Crippen LogP contribution in [0.1, 0.15) is 21.7 Å². The standard InChI is InChI=1S/C19H17FIN3O3/c1-2-26-5-6-27-11-18(25)19-17(24-12-22-9-15(24)10-23-19)7-13-3-4-14(21)8-16(13)20/h2-4,8-10,12H,1,5-7,11H2. The number of hydrogen-bond donors (Lipinski definition) is 0. The van der Waals surface area contributed by atoms with Crippen molar-refractivity contribution in [2.24, 2.45) is 0 Å². The molecule has 3 aromatic rings. The Morgan fingerprint density at radius 2 is 2.19 bits per heavy atom. The van der Waals surface area contributed by atoms with Crippen molar-refractivity contribution in [2.45, 2.75) is 6.42 Å². The molecule has 0 aliphatic carbocycles. The Bertz CT molecular complexity index is 974. The second-order valence-electron chi connectivity index (χ2n) is 5.67. The number of nitrogens with zero attached hydrogens (tertiary/aromatic N) is 3. The lowest BCUT2D eigenvalue weighted by Gasteiger charge is -2.12. The molecule has 0 spiro atoms. The number of aromatic nitrogens is 3. The Morgan fingerprint density at radius 1 is 1.33 bits per heavy atom. The van der Waals surface area contributed by atoms with Crippen molar-refractivity contribution in [1.29, 1.82) is 0 Å². The molecule has 27 heavy (non-hydrogen) atoms. The number of imidazole rings is 1. The van der Waals surface area contributed by atoms with Crippen LogP contribution in [0.5, 0.6) is 0 Å². The molecule has 0 saturated carbocycles. The van der Waals surface area contributed by atoms with Crippen LogP contribution in [0, 0.1) is 9.39 Å². The summed E-state index contributed by atoms with van der Waals surface area (Å²) in [5.74, 6) is -0.611. The fraction of sp³-hybridized carbons (Fsp3) is 0.211. The number of fused-ring (bicyclic) bond motifs is 1. The van der Waals surface area contributed by atoms with E-state index in [1.165, 1.54) is 12.3 Å². The van der Waals surface area contributed by atoms with Crippen LogP contribution in [-0.4, -0.2) is 40.0 Å². The molecule has 3 rings (SSSR count). The number of ketones is 1. The first-order valence-electron chi connectivity index (χ1n) is 8.17. The van der Waals surface area contributed by atoms with Gasteiger partial charge in [0.15, 0.2) is 0 Å². The highest BCUT2D eigenvalue weighted by Gasteiger charge is 2.18. The van der Waals surface area contributed by atoms with Crippen molar-refractivity contribution in [3.63, 3.8) is 0 Å². The molecule has 0 saturated heterocycles. The van der Waals surface area contributed by atoms with Gasteiger partial charge in [-0.3, -0.25) is 9.20 Å². The van der Waals surface area contributed by atoms with Crippen molar-refractivity contribution in [3.8, 4) is 0 Å². The first-order valence-corrected chi connectivity index (χ1v) is 9.25. The zero-order valence-corrected chi connectivity index (χ0v) is 16.6. The van der Waals surface area contributed by atoms with Crippen molar-refractivity contribution in [2.75, 3.05) is 19.8 Å². The van der Waals surface area contributed by atoms with Crippen LogP contribution in [0.15, 0.2) is 49.8 Å². The van der Waals surface area contributed by atoms with Gasteiger partial charge in [-0.05, 0) is 40.3 Å². The van der Waals surface area contributed by atoms with Gasteiger partial charge in [0.1, 0.15) is 24.7 Å². The molecule has 6 nitrogen and oxygen atoms in total. The number of halogens is 2. The quantitative estimate of drug-likeness (QED) is 0.203. The first-order chi connectivity index (χ1) is 13.1. The van der Waals surface area contributed by atoms with Crippen LogP contribution in [0.25, 0.3) is 5.52 Å². The maximum Gasteiger partial charge on any atom is 0.208 e. The van der Waals surface area contributed by atoms with Gasteiger partial charge in [0.2, 0.25) is 5.78 Å². The van der Waals surface area contributed by atoms with Crippen LogP contribution >= 0.6 is 22.6 Å². The zero-order chi connectivity index (χ0) is 19.2. The number of ether oxygens (including phenoxy) is 2. The van der Waals surface area contributed by atoms with Gasteiger partial charge in [-0.1, -0.05) is 12.6 Å². The van der Waals surface area contributed by atoms with E-state index in [1.54, 1.807) is 29.2 Å². The van der Waals surface area contributed by atoms with Crippen LogP contribution in [-0.2, 0) is 15.9 Å². The summed E-state index contributed by atoms with van der Waals surface area (Å²) in [5, 5.41) is 0. The van der Waals surface area contributed by atoms with Gasteiger partial charge in [-0.25, -0.2) is 14.4 Å². The lowest BCUT2D eigenvalue weighted by molar-refractivity contribution is 0.0634. The van der Waals surface area contributed by atoms with E-state index in [1.807, 2.05) is 6.07 Å². The molecule has 2 aromatic heterocycles. The van der Waals surface area contributed by atoms with Crippen LogP contribution in [0.4, 0.5) is 4.39 Å². The predicted octanol–water partition coefficient (Wildman–Crippen LogP) is 3.42. The van der Waals surface area contributed by atoms with Gasteiger partial charge < -0.3 is 9.47 Å². The Hall–Kier alpha value is -2.33. The van der Waals surface area contributed by atoms with Crippen molar-refractivity contribution in [1.82, 2.24) is 14.4 Å². The second kappa shape index (κ2) is 9.05. The minimum Gasteiger partial charge on any atom is -0.499 e. The smallest absolute Gasteiger partial charge is 0.208 e. The molecular formula is C19H17FIN3O3. The third-order valence-electron chi connectivity index (χ3n) is 3.89. The molecule has 0 amide bonds. The Kier molecular flexibility index (Phi) is 6.51. The molecule has 140 valence electrons. The highest BCUT2D eigenvalue weighted by molar-refractivity contribution is 14.1. The van der Waals surface area contributed by atoms with Gasteiger partial charge in [-0.2, -0.15) is 0 Å². The summed E-state index contributed by atoms with van der Waals surface area (Å²) in [5.41, 5.74) is 2.02. The molecule has 0 N–H and O–H groups in total. The number of rotatable bonds is 9. The highest BCUT2D eigenvalue weighted by Crippen LogP contribution is 2.19. The van der Waals surface area contributed by atoms with E-state index in [2.05, 4.69) is 39.1 Å². The summed E-state index contributed by atoms with van der Waals surface area (Å²) >= 11 is 2.05. The second-order valence-corrected chi connectivity index (χ2v) is 6.91. The van der Waals surface area contributed by atoms with Gasteiger partial charge >= 0.3 is 0 Å². The van der Waals surface area contributed by atoms with E-state index in [0.29, 0.717) is 17.9 Å². The number of hydrogen-bond acceptors (Lipinski definition) is 5. The average Bonchev–Trinajstić information content (AvgIpc) is 3.13. The topological polar surface area (TPSA) is 65.7 Å². The molecule has 0 fully saturated rings. The van der Waals surface area contributed by atoms with Crippen molar-refractivity contribution in [3.05, 3.63) is 76.1 Å². The number of Topliss-reactive ketones (excluding diaryl/α,β-unsaturated/α-hetero) is 1. The molecule has 0 aliphatic heterocycles. The Labute approximate surface area is 169 Å². The van der Waals surface area contributed by atoms with Gasteiger partial charge in [-0.15, -0.1) is 0 Å². The third kappa shape index (κ3) is 4.69. The van der Waals surface area contributed by atoms with E-state index in [0.717, 1.165) is 9.09 Å². The normalized spacial score (nSPS) is 10.9. The number of benzene rings is 1. The molecule has 8 heteroatoms. The molecule has 2 heterocycles. The van der Waals surface area contributed by atoms with E-state index < -0.39 is 0 Å². The summed E-state index contributed by atoms with van der Waals surface area (Å²) in [6.07, 6.45) is 6.32. The van der Waals surface area contributed by atoms with Crippen LogP contribution in [0.2, 0.25) is 0 Å². The van der Waals surface area contributed by atoms with E-state index in [9.17, 15) is 9.18 Å². The van der Waals surface area contributed by atoms with E-state index in [-0.39, 0.29) is 36.9 Å². The molecular weight excluding hydrogens is 464 g/mol. The predicted molar refractivity (Wildman–Crippen MR) is 106 cm³/mol.